The van der Waals surface area contributed by atoms with E-state index < -0.39 is 5.97 Å². The predicted molar refractivity (Wildman–Crippen MR) is 146 cm³/mol. The van der Waals surface area contributed by atoms with Crippen LogP contribution in [-0.2, 0) is 11.3 Å². The van der Waals surface area contributed by atoms with Crippen molar-refractivity contribution in [3.05, 3.63) is 101 Å². The van der Waals surface area contributed by atoms with Crippen LogP contribution in [0.3, 0.4) is 0 Å². The Morgan fingerprint density at radius 3 is 2.73 bits per heavy atom. The van der Waals surface area contributed by atoms with Crippen LogP contribution in [0.5, 0.6) is 0 Å². The zero-order valence-corrected chi connectivity index (χ0v) is 21.0. The van der Waals surface area contributed by atoms with Crippen LogP contribution in [0.4, 0.5) is 11.4 Å². The summed E-state index contributed by atoms with van der Waals surface area (Å²) in [5, 5.41) is 9.05. The highest BCUT2D eigenvalue weighted by Crippen LogP contribution is 2.26. The van der Waals surface area contributed by atoms with Gasteiger partial charge in [0, 0.05) is 65.8 Å². The second-order valence-electron chi connectivity index (χ2n) is 9.44. The number of aromatic nitrogens is 1. The SMILES string of the molecule is COC(=O)c1cccc(C(=O)Nc2cc(CN3CCC(Nc4cccc5cnccc45)C3)ccc2C)c1. The van der Waals surface area contributed by atoms with Gasteiger partial charge in [-0.1, -0.05) is 30.3 Å². The molecule has 37 heavy (non-hydrogen) atoms. The van der Waals surface area contributed by atoms with Crippen molar-refractivity contribution in [1.82, 2.24) is 9.88 Å². The highest BCUT2D eigenvalue weighted by Gasteiger charge is 2.23. The first-order chi connectivity index (χ1) is 18.0. The van der Waals surface area contributed by atoms with Crippen LogP contribution in [0.25, 0.3) is 10.8 Å². The number of carbonyl (C=O) groups is 2. The number of amides is 1. The molecule has 1 aromatic heterocycles. The van der Waals surface area contributed by atoms with Crippen molar-refractivity contribution in [1.29, 1.82) is 0 Å². The largest absolute Gasteiger partial charge is 0.465 e. The van der Waals surface area contributed by atoms with E-state index in [1.54, 1.807) is 24.3 Å². The monoisotopic (exact) mass is 494 g/mol. The van der Waals surface area contributed by atoms with Gasteiger partial charge in [-0.3, -0.25) is 14.7 Å². The Morgan fingerprint density at radius 1 is 1.03 bits per heavy atom. The van der Waals surface area contributed by atoms with Crippen LogP contribution in [-0.4, -0.2) is 48.0 Å². The molecular formula is C30H30N4O3. The molecule has 0 aliphatic carbocycles. The van der Waals surface area contributed by atoms with Crippen molar-refractivity contribution in [2.45, 2.75) is 25.9 Å². The first kappa shape index (κ1) is 24.5. The number of anilines is 2. The number of esters is 1. The number of pyridine rings is 1. The van der Waals surface area contributed by atoms with Crippen LogP contribution in [0, 0.1) is 6.92 Å². The van der Waals surface area contributed by atoms with E-state index in [1.807, 2.05) is 31.5 Å². The molecule has 0 radical (unpaired) electrons. The standard InChI is InChI=1S/C30H30N4O3/c1-20-9-10-21(15-28(20)33-29(35)22-5-3-6-23(16-22)30(36)37-2)18-34-14-12-25(19-34)32-27-8-4-7-24-17-31-13-11-26(24)27/h3-11,13,15-17,25,32H,12,14,18-19H2,1-2H3,(H,33,35). The first-order valence-corrected chi connectivity index (χ1v) is 12.4. The molecule has 0 spiro atoms. The Morgan fingerprint density at radius 2 is 1.86 bits per heavy atom. The number of methoxy groups -OCH3 is 1. The molecule has 188 valence electrons. The lowest BCUT2D eigenvalue weighted by Crippen LogP contribution is -2.26. The van der Waals surface area contributed by atoms with Crippen molar-refractivity contribution < 1.29 is 14.3 Å². The van der Waals surface area contributed by atoms with E-state index in [0.717, 1.165) is 53.9 Å². The molecule has 7 nitrogen and oxygen atoms in total. The molecule has 1 atom stereocenters. The van der Waals surface area contributed by atoms with Gasteiger partial charge in [-0.2, -0.15) is 0 Å². The number of fused-ring (bicyclic) bond motifs is 1. The summed E-state index contributed by atoms with van der Waals surface area (Å²) in [6, 6.07) is 21.4. The maximum atomic E-state index is 12.9. The van der Waals surface area contributed by atoms with Crippen LogP contribution >= 0.6 is 0 Å². The number of aryl methyl sites for hydroxylation is 1. The molecule has 1 aliphatic rings. The number of nitrogens with one attached hydrogen (secondary N) is 2. The Balaban J connectivity index is 1.23. The minimum atomic E-state index is -0.469. The first-order valence-electron chi connectivity index (χ1n) is 12.4. The number of hydrogen-bond donors (Lipinski definition) is 2. The summed E-state index contributed by atoms with van der Waals surface area (Å²) in [5.74, 6) is -0.731. The number of benzene rings is 3. The number of rotatable bonds is 7. The van der Waals surface area contributed by atoms with Gasteiger partial charge < -0.3 is 15.4 Å². The summed E-state index contributed by atoms with van der Waals surface area (Å²) in [6.07, 6.45) is 4.79. The van der Waals surface area contributed by atoms with Gasteiger partial charge in [-0.05, 0) is 60.9 Å². The third-order valence-corrected chi connectivity index (χ3v) is 6.81. The molecule has 1 amide bonds. The highest BCUT2D eigenvalue weighted by molar-refractivity contribution is 6.06. The molecule has 1 fully saturated rings. The van der Waals surface area contributed by atoms with Gasteiger partial charge >= 0.3 is 5.97 Å². The van der Waals surface area contributed by atoms with Crippen LogP contribution in [0.2, 0.25) is 0 Å². The number of carbonyl (C=O) groups excluding carboxylic acids is 2. The molecule has 1 aliphatic heterocycles. The summed E-state index contributed by atoms with van der Waals surface area (Å²) < 4.78 is 4.76. The van der Waals surface area contributed by atoms with Gasteiger partial charge in [0.2, 0.25) is 0 Å². The fourth-order valence-corrected chi connectivity index (χ4v) is 4.82. The Labute approximate surface area is 216 Å². The van der Waals surface area contributed by atoms with Gasteiger partial charge in [0.15, 0.2) is 0 Å². The topological polar surface area (TPSA) is 83.6 Å². The van der Waals surface area contributed by atoms with Crippen molar-refractivity contribution in [2.24, 2.45) is 0 Å². The third-order valence-electron chi connectivity index (χ3n) is 6.81. The van der Waals surface area contributed by atoms with E-state index in [1.165, 1.54) is 12.5 Å². The molecule has 4 aromatic rings. The Hall–Kier alpha value is -4.23. The molecule has 3 aromatic carbocycles. The van der Waals surface area contributed by atoms with Gasteiger partial charge in [-0.15, -0.1) is 0 Å². The number of nitrogens with zero attached hydrogens (tertiary/aromatic N) is 2. The number of ether oxygens (including phenoxy) is 1. The quantitative estimate of drug-likeness (QED) is 0.341. The zero-order chi connectivity index (χ0) is 25.8. The lowest BCUT2D eigenvalue weighted by atomic mass is 10.1. The summed E-state index contributed by atoms with van der Waals surface area (Å²) in [7, 11) is 1.32. The van der Waals surface area contributed by atoms with Gasteiger partial charge in [0.1, 0.15) is 0 Å². The van der Waals surface area contributed by atoms with E-state index in [-0.39, 0.29) is 5.91 Å². The maximum Gasteiger partial charge on any atom is 0.337 e. The van der Waals surface area contributed by atoms with Crippen molar-refractivity contribution in [3.63, 3.8) is 0 Å². The molecule has 2 N–H and O–H groups in total. The van der Waals surface area contributed by atoms with Crippen LogP contribution in [0.1, 0.15) is 38.3 Å². The van der Waals surface area contributed by atoms with Gasteiger partial charge in [0.25, 0.3) is 5.91 Å². The maximum absolute atomic E-state index is 12.9. The predicted octanol–water partition coefficient (Wildman–Crippen LogP) is 5.27. The van der Waals surface area contributed by atoms with Crippen molar-refractivity contribution >= 4 is 34.0 Å². The molecule has 1 saturated heterocycles. The van der Waals surface area contributed by atoms with Gasteiger partial charge in [0.05, 0.1) is 12.7 Å². The molecule has 0 saturated carbocycles. The minimum Gasteiger partial charge on any atom is -0.465 e. The summed E-state index contributed by atoms with van der Waals surface area (Å²) in [6.45, 7) is 4.72. The van der Waals surface area contributed by atoms with E-state index in [9.17, 15) is 9.59 Å². The summed E-state index contributed by atoms with van der Waals surface area (Å²) >= 11 is 0. The average Bonchev–Trinajstić information content (AvgIpc) is 3.37. The smallest absolute Gasteiger partial charge is 0.337 e. The number of hydrogen-bond acceptors (Lipinski definition) is 6. The van der Waals surface area contributed by atoms with E-state index in [4.69, 9.17) is 4.74 Å². The van der Waals surface area contributed by atoms with Gasteiger partial charge in [-0.25, -0.2) is 4.79 Å². The fraction of sp³-hybridized carbons (Fsp3) is 0.233. The molecule has 5 rings (SSSR count). The fourth-order valence-electron chi connectivity index (χ4n) is 4.82. The average molecular weight is 495 g/mol. The minimum absolute atomic E-state index is 0.262. The van der Waals surface area contributed by atoms with Crippen molar-refractivity contribution in [3.8, 4) is 0 Å². The van der Waals surface area contributed by atoms with Crippen LogP contribution < -0.4 is 10.6 Å². The molecule has 2 heterocycles. The zero-order valence-electron chi connectivity index (χ0n) is 21.0. The summed E-state index contributed by atoms with van der Waals surface area (Å²) in [5.41, 5.74) is 4.78. The van der Waals surface area contributed by atoms with Crippen LogP contribution in [0.15, 0.2) is 79.1 Å². The van der Waals surface area contributed by atoms with Crippen molar-refractivity contribution in [2.75, 3.05) is 30.8 Å². The Kier molecular flexibility index (Phi) is 7.14. The molecule has 0 bridgehead atoms. The highest BCUT2D eigenvalue weighted by atomic mass is 16.5. The lowest BCUT2D eigenvalue weighted by molar-refractivity contribution is 0.0600. The Bertz CT molecular complexity index is 1450. The number of likely N-dealkylation sites (tertiary alicyclic amines) is 1. The van der Waals surface area contributed by atoms with E-state index in [0.29, 0.717) is 17.2 Å². The lowest BCUT2D eigenvalue weighted by Gasteiger charge is -2.19. The second-order valence-corrected chi connectivity index (χ2v) is 9.44. The summed E-state index contributed by atoms with van der Waals surface area (Å²) in [4.78, 5) is 31.4. The van der Waals surface area contributed by atoms with E-state index in [2.05, 4.69) is 50.8 Å². The normalized spacial score (nSPS) is 15.5. The third kappa shape index (κ3) is 5.62. The molecular weight excluding hydrogens is 464 g/mol. The second kappa shape index (κ2) is 10.8. The molecule has 7 heteroatoms. The van der Waals surface area contributed by atoms with E-state index >= 15 is 0 Å². The molecule has 1 unspecified atom stereocenters.